The molecule has 2 rings (SSSR count). The van der Waals surface area contributed by atoms with E-state index in [1.165, 1.54) is 0 Å². The molecule has 0 saturated heterocycles. The van der Waals surface area contributed by atoms with Crippen molar-refractivity contribution in [2.75, 3.05) is 32.7 Å². The molecule has 1 amide bonds. The summed E-state index contributed by atoms with van der Waals surface area (Å²) in [7, 11) is 5.49. The molecule has 0 aliphatic heterocycles. The van der Waals surface area contributed by atoms with Crippen LogP contribution in [0.15, 0.2) is 52.0 Å². The summed E-state index contributed by atoms with van der Waals surface area (Å²) in [6.45, 7) is -0.158. The maximum absolute atomic E-state index is 11.8. The van der Waals surface area contributed by atoms with E-state index in [0.717, 1.165) is 15.7 Å². The summed E-state index contributed by atoms with van der Waals surface area (Å²) in [5, 5.41) is 3.93. The Kier molecular flexibility index (Phi) is 6.82. The lowest BCUT2D eigenvalue weighted by molar-refractivity contribution is -0.123. The second-order valence-electron chi connectivity index (χ2n) is 5.36. The molecule has 0 unspecified atom stereocenters. The molecule has 2 aromatic carbocycles. The van der Waals surface area contributed by atoms with E-state index in [1.807, 2.05) is 49.3 Å². The van der Waals surface area contributed by atoms with Gasteiger partial charge in [0, 0.05) is 24.3 Å². The van der Waals surface area contributed by atoms with Crippen molar-refractivity contribution >= 4 is 33.7 Å². The molecule has 1 N–H and O–H groups in total. The lowest BCUT2D eigenvalue weighted by Gasteiger charge is -2.11. The predicted molar refractivity (Wildman–Crippen MR) is 103 cm³/mol. The Morgan fingerprint density at radius 2 is 1.92 bits per heavy atom. The Morgan fingerprint density at radius 3 is 2.56 bits per heavy atom. The molecule has 7 heteroatoms. The number of anilines is 1. The maximum Gasteiger partial charge on any atom is 0.277 e. The van der Waals surface area contributed by atoms with Gasteiger partial charge in [0.1, 0.15) is 0 Å². The summed E-state index contributed by atoms with van der Waals surface area (Å²) >= 11 is 3.35. The van der Waals surface area contributed by atoms with E-state index >= 15 is 0 Å². The van der Waals surface area contributed by atoms with Gasteiger partial charge in [0.05, 0.1) is 13.3 Å². The van der Waals surface area contributed by atoms with Crippen LogP contribution in [-0.4, -0.2) is 39.9 Å². The van der Waals surface area contributed by atoms with Gasteiger partial charge in [0.15, 0.2) is 18.1 Å². The summed E-state index contributed by atoms with van der Waals surface area (Å²) < 4.78 is 11.5. The number of amides is 1. The van der Waals surface area contributed by atoms with E-state index in [2.05, 4.69) is 26.5 Å². The second kappa shape index (κ2) is 9.08. The van der Waals surface area contributed by atoms with Gasteiger partial charge in [0.2, 0.25) is 0 Å². The molecule has 0 heterocycles. The number of ether oxygens (including phenoxy) is 2. The molecular weight excluding hydrogens is 386 g/mol. The zero-order chi connectivity index (χ0) is 18.2. The van der Waals surface area contributed by atoms with E-state index < -0.39 is 0 Å². The quantitative estimate of drug-likeness (QED) is 0.567. The molecule has 0 aromatic heterocycles. The number of hydrazone groups is 1. The molecule has 0 radical (unpaired) electrons. The molecular formula is C18H20BrN3O3. The highest BCUT2D eigenvalue weighted by atomic mass is 79.9. The van der Waals surface area contributed by atoms with Crippen molar-refractivity contribution in [2.24, 2.45) is 5.10 Å². The third kappa shape index (κ3) is 5.79. The van der Waals surface area contributed by atoms with E-state index in [0.29, 0.717) is 11.5 Å². The van der Waals surface area contributed by atoms with E-state index in [4.69, 9.17) is 9.47 Å². The zero-order valence-electron chi connectivity index (χ0n) is 14.3. The molecule has 0 bridgehead atoms. The van der Waals surface area contributed by atoms with Crippen LogP contribution in [0.1, 0.15) is 5.56 Å². The van der Waals surface area contributed by atoms with Crippen molar-refractivity contribution in [1.29, 1.82) is 0 Å². The van der Waals surface area contributed by atoms with Gasteiger partial charge < -0.3 is 14.4 Å². The third-order valence-corrected chi connectivity index (χ3v) is 3.79. The van der Waals surface area contributed by atoms with Crippen molar-refractivity contribution in [2.45, 2.75) is 0 Å². The lowest BCUT2D eigenvalue weighted by Crippen LogP contribution is -2.24. The Balaban J connectivity index is 1.84. The van der Waals surface area contributed by atoms with Crippen molar-refractivity contribution in [3.63, 3.8) is 0 Å². The molecule has 0 spiro atoms. The molecule has 0 aliphatic carbocycles. The van der Waals surface area contributed by atoms with Gasteiger partial charge in [-0.2, -0.15) is 5.10 Å². The minimum atomic E-state index is -0.355. The number of methoxy groups -OCH3 is 1. The fraction of sp³-hybridized carbons (Fsp3) is 0.222. The Morgan fingerprint density at radius 1 is 1.20 bits per heavy atom. The van der Waals surface area contributed by atoms with Crippen LogP contribution in [0.4, 0.5) is 5.69 Å². The lowest BCUT2D eigenvalue weighted by atomic mass is 10.2. The topological polar surface area (TPSA) is 63.2 Å². The molecule has 2 aromatic rings. The predicted octanol–water partition coefficient (Wildman–Crippen LogP) is 3.05. The van der Waals surface area contributed by atoms with Gasteiger partial charge in [-0.05, 0) is 35.9 Å². The molecule has 6 nitrogen and oxygen atoms in total. The summed E-state index contributed by atoms with van der Waals surface area (Å²) in [4.78, 5) is 13.8. The highest BCUT2D eigenvalue weighted by Crippen LogP contribution is 2.29. The number of carbonyl (C=O) groups is 1. The van der Waals surface area contributed by atoms with Crippen LogP contribution in [0.2, 0.25) is 0 Å². The van der Waals surface area contributed by atoms with Crippen molar-refractivity contribution in [3.05, 3.63) is 52.5 Å². The number of nitrogens with zero attached hydrogens (tertiary/aromatic N) is 2. The Hall–Kier alpha value is -2.54. The summed E-state index contributed by atoms with van der Waals surface area (Å²) in [6.07, 6.45) is 1.58. The fourth-order valence-electron chi connectivity index (χ4n) is 1.97. The fourth-order valence-corrected chi connectivity index (χ4v) is 2.31. The number of nitrogens with one attached hydrogen (secondary N) is 1. The van der Waals surface area contributed by atoms with Crippen molar-refractivity contribution < 1.29 is 14.3 Å². The van der Waals surface area contributed by atoms with Crippen molar-refractivity contribution in [3.8, 4) is 11.5 Å². The Bertz CT molecular complexity index is 746. The van der Waals surface area contributed by atoms with Gasteiger partial charge >= 0.3 is 0 Å². The average Bonchev–Trinajstić information content (AvgIpc) is 2.61. The average molecular weight is 406 g/mol. The maximum atomic E-state index is 11.8. The Labute approximate surface area is 155 Å². The van der Waals surface area contributed by atoms with Crippen LogP contribution < -0.4 is 19.8 Å². The van der Waals surface area contributed by atoms with Crippen LogP contribution in [0, 0.1) is 0 Å². The van der Waals surface area contributed by atoms with Crippen LogP contribution in [-0.2, 0) is 4.79 Å². The first-order chi connectivity index (χ1) is 12.0. The number of halogens is 1. The molecule has 132 valence electrons. The first-order valence-corrected chi connectivity index (χ1v) is 8.34. The van der Waals surface area contributed by atoms with Gasteiger partial charge in [-0.25, -0.2) is 5.43 Å². The summed E-state index contributed by atoms with van der Waals surface area (Å²) in [5.41, 5.74) is 4.42. The summed E-state index contributed by atoms with van der Waals surface area (Å²) in [6, 6.07) is 13.1. The van der Waals surface area contributed by atoms with Gasteiger partial charge in [-0.3, -0.25) is 4.79 Å². The number of hydrogen-bond acceptors (Lipinski definition) is 5. The van der Waals surface area contributed by atoms with E-state index in [9.17, 15) is 4.79 Å². The molecule has 0 aliphatic rings. The number of rotatable bonds is 7. The SMILES string of the molecule is COc1cc(Br)ccc1OCC(=O)NN=Cc1ccc(N(C)C)cc1. The standard InChI is InChI=1S/C18H20BrN3O3/c1-22(2)15-7-4-13(5-8-15)11-20-21-18(23)12-25-16-9-6-14(19)10-17(16)24-3/h4-11H,12H2,1-3H3,(H,21,23). The second-order valence-corrected chi connectivity index (χ2v) is 6.28. The molecule has 0 saturated carbocycles. The van der Waals surface area contributed by atoms with Crippen molar-refractivity contribution in [1.82, 2.24) is 5.43 Å². The highest BCUT2D eigenvalue weighted by Gasteiger charge is 2.07. The van der Waals surface area contributed by atoms with Crippen LogP contribution in [0.3, 0.4) is 0 Å². The minimum absolute atomic E-state index is 0.158. The number of hydrogen-bond donors (Lipinski definition) is 1. The van der Waals surface area contributed by atoms with Gasteiger partial charge in [-0.1, -0.05) is 28.1 Å². The third-order valence-electron chi connectivity index (χ3n) is 3.30. The monoisotopic (exact) mass is 405 g/mol. The smallest absolute Gasteiger partial charge is 0.277 e. The van der Waals surface area contributed by atoms with Crippen LogP contribution in [0.5, 0.6) is 11.5 Å². The van der Waals surface area contributed by atoms with Gasteiger partial charge in [0.25, 0.3) is 5.91 Å². The zero-order valence-corrected chi connectivity index (χ0v) is 15.9. The van der Waals surface area contributed by atoms with Gasteiger partial charge in [-0.15, -0.1) is 0 Å². The summed E-state index contributed by atoms with van der Waals surface area (Å²) in [5.74, 6) is 0.682. The van der Waals surface area contributed by atoms with E-state index in [-0.39, 0.29) is 12.5 Å². The minimum Gasteiger partial charge on any atom is -0.493 e. The molecule has 0 fully saturated rings. The van der Waals surface area contributed by atoms with Crippen LogP contribution in [0.25, 0.3) is 0 Å². The largest absolute Gasteiger partial charge is 0.493 e. The first-order valence-electron chi connectivity index (χ1n) is 7.55. The van der Waals surface area contributed by atoms with Crippen LogP contribution >= 0.6 is 15.9 Å². The normalized spacial score (nSPS) is 10.6. The molecule has 25 heavy (non-hydrogen) atoms. The molecule has 0 atom stereocenters. The number of benzene rings is 2. The first kappa shape index (κ1) is 18.8. The highest BCUT2D eigenvalue weighted by molar-refractivity contribution is 9.10. The number of carbonyl (C=O) groups excluding carboxylic acids is 1. The van der Waals surface area contributed by atoms with E-state index in [1.54, 1.807) is 25.5 Å².